The number of nitrogens with one attached hydrogen (secondary N) is 2. The number of methoxy groups -OCH3 is 1. The van der Waals surface area contributed by atoms with E-state index < -0.39 is 10.0 Å². The van der Waals surface area contributed by atoms with Crippen molar-refractivity contribution in [2.75, 3.05) is 19.0 Å². The van der Waals surface area contributed by atoms with Crippen LogP contribution < -0.4 is 14.8 Å². The molecule has 0 aliphatic heterocycles. The first-order chi connectivity index (χ1) is 13.4. The number of benzene rings is 2. The second kappa shape index (κ2) is 8.20. The van der Waals surface area contributed by atoms with E-state index >= 15 is 0 Å². The van der Waals surface area contributed by atoms with Crippen LogP contribution in [-0.2, 0) is 10.0 Å². The number of hydrogen-bond acceptors (Lipinski definition) is 5. The van der Waals surface area contributed by atoms with Gasteiger partial charge in [0.05, 0.1) is 23.2 Å². The van der Waals surface area contributed by atoms with E-state index in [0.29, 0.717) is 22.5 Å². The first-order valence-electron chi connectivity index (χ1n) is 8.39. The van der Waals surface area contributed by atoms with E-state index in [0.717, 1.165) is 5.39 Å². The number of aromatic nitrogens is 1. The van der Waals surface area contributed by atoms with Gasteiger partial charge in [0.2, 0.25) is 10.0 Å². The minimum Gasteiger partial charge on any atom is -0.497 e. The molecule has 0 fully saturated rings. The molecule has 2 N–H and O–H groups in total. The predicted molar refractivity (Wildman–Crippen MR) is 108 cm³/mol. The van der Waals surface area contributed by atoms with Crippen LogP contribution >= 0.6 is 0 Å². The Balaban J connectivity index is 1.84. The van der Waals surface area contributed by atoms with Gasteiger partial charge in [0, 0.05) is 23.7 Å². The van der Waals surface area contributed by atoms with Crippen LogP contribution in [0, 0.1) is 0 Å². The van der Waals surface area contributed by atoms with E-state index in [2.05, 4.69) is 21.6 Å². The number of hydrogen-bond donors (Lipinski definition) is 2. The number of amides is 1. The summed E-state index contributed by atoms with van der Waals surface area (Å²) in [4.78, 5) is 17.0. The van der Waals surface area contributed by atoms with Crippen molar-refractivity contribution in [2.24, 2.45) is 0 Å². The molecule has 1 heterocycles. The molecule has 3 aromatic rings. The Hall–Kier alpha value is -3.23. The number of fused-ring (bicyclic) bond motifs is 1. The highest BCUT2D eigenvalue weighted by Gasteiger charge is 2.15. The summed E-state index contributed by atoms with van der Waals surface area (Å²) in [5, 5.41) is 3.57. The van der Waals surface area contributed by atoms with E-state index in [1.807, 2.05) is 0 Å². The van der Waals surface area contributed by atoms with Gasteiger partial charge in [0.25, 0.3) is 5.91 Å². The number of nitrogens with zero attached hydrogens (tertiary/aromatic N) is 1. The minimum absolute atomic E-state index is 0.0741. The summed E-state index contributed by atoms with van der Waals surface area (Å²) >= 11 is 0. The number of anilines is 1. The van der Waals surface area contributed by atoms with E-state index in [1.54, 1.807) is 37.6 Å². The first-order valence-corrected chi connectivity index (χ1v) is 9.87. The van der Waals surface area contributed by atoms with Gasteiger partial charge in [-0.2, -0.15) is 0 Å². The van der Waals surface area contributed by atoms with Crippen LogP contribution in [0.1, 0.15) is 10.4 Å². The van der Waals surface area contributed by atoms with Crippen LogP contribution in [-0.4, -0.2) is 33.0 Å². The van der Waals surface area contributed by atoms with Crippen LogP contribution in [0.2, 0.25) is 0 Å². The molecule has 0 unspecified atom stereocenters. The number of sulfonamides is 1. The normalized spacial score (nSPS) is 11.2. The van der Waals surface area contributed by atoms with Crippen molar-refractivity contribution in [1.29, 1.82) is 0 Å². The third kappa shape index (κ3) is 4.19. The van der Waals surface area contributed by atoms with Gasteiger partial charge >= 0.3 is 0 Å². The smallest absolute Gasteiger partial charge is 0.255 e. The Morgan fingerprint density at radius 2 is 1.93 bits per heavy atom. The zero-order valence-corrected chi connectivity index (χ0v) is 16.0. The lowest BCUT2D eigenvalue weighted by atomic mass is 10.1. The molecule has 0 saturated heterocycles. The average molecular weight is 397 g/mol. The van der Waals surface area contributed by atoms with Gasteiger partial charge in [0.15, 0.2) is 0 Å². The highest BCUT2D eigenvalue weighted by Crippen LogP contribution is 2.26. The Labute approximate surface area is 163 Å². The summed E-state index contributed by atoms with van der Waals surface area (Å²) in [6.45, 7) is 3.60. The summed E-state index contributed by atoms with van der Waals surface area (Å²) in [5.74, 6) is 0.288. The quantitative estimate of drug-likeness (QED) is 0.598. The molecule has 1 amide bonds. The monoisotopic (exact) mass is 397 g/mol. The van der Waals surface area contributed by atoms with Gasteiger partial charge in [-0.1, -0.05) is 6.08 Å². The topological polar surface area (TPSA) is 97.4 Å². The van der Waals surface area contributed by atoms with Crippen LogP contribution in [0.3, 0.4) is 0 Å². The maximum Gasteiger partial charge on any atom is 0.255 e. The third-order valence-corrected chi connectivity index (χ3v) is 5.48. The van der Waals surface area contributed by atoms with Crippen molar-refractivity contribution < 1.29 is 17.9 Å². The lowest BCUT2D eigenvalue weighted by molar-refractivity contribution is 0.102. The molecule has 0 saturated carbocycles. The summed E-state index contributed by atoms with van der Waals surface area (Å²) < 4.78 is 31.8. The molecule has 8 heteroatoms. The van der Waals surface area contributed by atoms with Crippen LogP contribution in [0.5, 0.6) is 5.75 Å². The number of carbonyl (C=O) groups is 1. The summed E-state index contributed by atoms with van der Waals surface area (Å²) in [7, 11) is -2.07. The van der Waals surface area contributed by atoms with Crippen molar-refractivity contribution in [1.82, 2.24) is 9.71 Å². The van der Waals surface area contributed by atoms with Crippen molar-refractivity contribution >= 4 is 32.5 Å². The van der Waals surface area contributed by atoms with Crippen molar-refractivity contribution in [3.05, 3.63) is 72.9 Å². The zero-order valence-electron chi connectivity index (χ0n) is 15.2. The second-order valence-corrected chi connectivity index (χ2v) is 7.63. The summed E-state index contributed by atoms with van der Waals surface area (Å²) in [6, 6.07) is 12.8. The van der Waals surface area contributed by atoms with Gasteiger partial charge in [-0.3, -0.25) is 9.78 Å². The fraction of sp³-hybridized carbons (Fsp3) is 0.100. The van der Waals surface area contributed by atoms with Gasteiger partial charge in [-0.15, -0.1) is 6.58 Å². The molecule has 144 valence electrons. The van der Waals surface area contributed by atoms with Gasteiger partial charge in [-0.25, -0.2) is 13.1 Å². The van der Waals surface area contributed by atoms with Gasteiger partial charge in [-0.05, 0) is 48.5 Å². The Morgan fingerprint density at radius 3 is 2.61 bits per heavy atom. The molecule has 0 radical (unpaired) electrons. The lowest BCUT2D eigenvalue weighted by Crippen LogP contribution is -2.23. The number of pyridine rings is 1. The van der Waals surface area contributed by atoms with E-state index in [-0.39, 0.29) is 17.3 Å². The highest BCUT2D eigenvalue weighted by atomic mass is 32.2. The highest BCUT2D eigenvalue weighted by molar-refractivity contribution is 7.89. The standard InChI is InChI=1S/C20H19N3O4S/c1-3-11-22-28(25,26)16-7-4-14(5-8-16)20(24)23-19-10-12-21-18-9-6-15(27-2)13-17(18)19/h3-10,12-13,22H,1,11H2,2H3,(H,21,23,24). The molecule has 0 aliphatic carbocycles. The Bertz CT molecular complexity index is 1130. The Morgan fingerprint density at radius 1 is 1.18 bits per heavy atom. The van der Waals surface area contributed by atoms with Crippen LogP contribution in [0.25, 0.3) is 10.9 Å². The Kier molecular flexibility index (Phi) is 5.72. The maximum atomic E-state index is 12.6. The van der Waals surface area contributed by atoms with Crippen molar-refractivity contribution in [3.8, 4) is 5.75 Å². The molecule has 28 heavy (non-hydrogen) atoms. The SMILES string of the molecule is C=CCNS(=O)(=O)c1ccc(C(=O)Nc2ccnc3ccc(OC)cc23)cc1. The summed E-state index contributed by atoms with van der Waals surface area (Å²) in [5.41, 5.74) is 1.63. The molecule has 0 spiro atoms. The van der Waals surface area contributed by atoms with Gasteiger partial charge in [0.1, 0.15) is 5.75 Å². The molecule has 3 rings (SSSR count). The zero-order chi connectivity index (χ0) is 20.1. The largest absolute Gasteiger partial charge is 0.497 e. The molecular weight excluding hydrogens is 378 g/mol. The molecule has 1 aromatic heterocycles. The molecule has 2 aromatic carbocycles. The minimum atomic E-state index is -3.64. The van der Waals surface area contributed by atoms with Crippen molar-refractivity contribution in [3.63, 3.8) is 0 Å². The van der Waals surface area contributed by atoms with Gasteiger partial charge < -0.3 is 10.1 Å². The number of rotatable bonds is 7. The second-order valence-electron chi connectivity index (χ2n) is 5.86. The van der Waals surface area contributed by atoms with E-state index in [1.165, 1.54) is 30.3 Å². The summed E-state index contributed by atoms with van der Waals surface area (Å²) in [6.07, 6.45) is 3.05. The van der Waals surface area contributed by atoms with Crippen LogP contribution in [0.15, 0.2) is 72.3 Å². The fourth-order valence-electron chi connectivity index (χ4n) is 2.59. The third-order valence-electron chi connectivity index (χ3n) is 4.04. The number of ether oxygens (including phenoxy) is 1. The molecule has 7 nitrogen and oxygen atoms in total. The lowest BCUT2D eigenvalue weighted by Gasteiger charge is -2.10. The molecular formula is C20H19N3O4S. The van der Waals surface area contributed by atoms with E-state index in [9.17, 15) is 13.2 Å². The van der Waals surface area contributed by atoms with Crippen LogP contribution in [0.4, 0.5) is 5.69 Å². The first kappa shape index (κ1) is 19.5. The fourth-order valence-corrected chi connectivity index (χ4v) is 3.59. The predicted octanol–water partition coefficient (Wildman–Crippen LogP) is 2.96. The average Bonchev–Trinajstić information content (AvgIpc) is 2.72. The molecule has 0 aliphatic rings. The number of carbonyl (C=O) groups excluding carboxylic acids is 1. The maximum absolute atomic E-state index is 12.6. The molecule has 0 bridgehead atoms. The van der Waals surface area contributed by atoms with E-state index in [4.69, 9.17) is 4.74 Å². The van der Waals surface area contributed by atoms with Crippen molar-refractivity contribution in [2.45, 2.75) is 4.90 Å². The molecule has 0 atom stereocenters.